The first kappa shape index (κ1) is 14.9. The largest absolute Gasteiger partial charge is 0.345 e. The average molecular weight is 306 g/mol. The zero-order chi connectivity index (χ0) is 15.4. The van der Waals surface area contributed by atoms with E-state index in [9.17, 15) is 14.9 Å². The van der Waals surface area contributed by atoms with Crippen molar-refractivity contribution >= 4 is 23.2 Å². The first-order valence-corrected chi connectivity index (χ1v) is 6.53. The van der Waals surface area contributed by atoms with Crippen molar-refractivity contribution in [1.82, 2.24) is 10.3 Å². The van der Waals surface area contributed by atoms with Gasteiger partial charge in [-0.3, -0.25) is 14.9 Å². The molecule has 1 heterocycles. The van der Waals surface area contributed by atoms with Gasteiger partial charge in [-0.25, -0.2) is 4.98 Å². The second kappa shape index (κ2) is 6.32. The van der Waals surface area contributed by atoms with Crippen LogP contribution in [0.4, 0.5) is 5.69 Å². The summed E-state index contributed by atoms with van der Waals surface area (Å²) >= 11 is 5.69. The van der Waals surface area contributed by atoms with E-state index in [1.807, 2.05) is 30.3 Å². The maximum absolute atomic E-state index is 12.2. The minimum atomic E-state index is -0.711. The van der Waals surface area contributed by atoms with Crippen LogP contribution in [-0.2, 0) is 0 Å². The third kappa shape index (κ3) is 3.35. The predicted molar refractivity (Wildman–Crippen MR) is 78.2 cm³/mol. The first-order chi connectivity index (χ1) is 10.0. The molecule has 0 bridgehead atoms. The molecule has 1 aromatic heterocycles. The summed E-state index contributed by atoms with van der Waals surface area (Å²) in [5.41, 5.74) is 0.299. The van der Waals surface area contributed by atoms with Gasteiger partial charge in [0.25, 0.3) is 5.91 Å². The highest BCUT2D eigenvalue weighted by atomic mass is 35.5. The molecule has 0 aliphatic heterocycles. The predicted octanol–water partition coefficient (Wildman–Crippen LogP) is 3.13. The number of carbonyl (C=O) groups is 1. The SMILES string of the molecule is C[C@H](NC(=O)c1ccnc(Cl)c1[N+](=O)[O-])c1ccccc1. The molecule has 0 radical (unpaired) electrons. The molecule has 7 heteroatoms. The second-order valence-electron chi connectivity index (χ2n) is 4.36. The molecule has 0 aliphatic rings. The van der Waals surface area contributed by atoms with Gasteiger partial charge in [0, 0.05) is 6.20 Å². The number of amides is 1. The molecule has 0 saturated carbocycles. The van der Waals surface area contributed by atoms with Crippen LogP contribution in [0.3, 0.4) is 0 Å². The lowest BCUT2D eigenvalue weighted by Gasteiger charge is -2.14. The van der Waals surface area contributed by atoms with E-state index < -0.39 is 16.5 Å². The summed E-state index contributed by atoms with van der Waals surface area (Å²) < 4.78 is 0. The van der Waals surface area contributed by atoms with Crippen molar-refractivity contribution < 1.29 is 9.72 Å². The Bertz CT molecular complexity index is 676. The molecule has 0 unspecified atom stereocenters. The summed E-state index contributed by atoms with van der Waals surface area (Å²) in [6, 6.07) is 10.3. The molecule has 0 aliphatic carbocycles. The van der Waals surface area contributed by atoms with Crippen LogP contribution in [0.25, 0.3) is 0 Å². The molecule has 1 atom stereocenters. The number of nitro groups is 1. The van der Waals surface area contributed by atoms with Crippen molar-refractivity contribution in [1.29, 1.82) is 0 Å². The lowest BCUT2D eigenvalue weighted by Crippen LogP contribution is -2.27. The zero-order valence-corrected chi connectivity index (χ0v) is 11.9. The smallest absolute Gasteiger partial charge is 0.319 e. The monoisotopic (exact) mass is 305 g/mol. The van der Waals surface area contributed by atoms with E-state index in [4.69, 9.17) is 11.6 Å². The van der Waals surface area contributed by atoms with E-state index in [0.29, 0.717) is 0 Å². The molecule has 1 aromatic carbocycles. The summed E-state index contributed by atoms with van der Waals surface area (Å²) in [7, 11) is 0. The van der Waals surface area contributed by atoms with Gasteiger partial charge in [-0.15, -0.1) is 0 Å². The number of halogens is 1. The Kier molecular flexibility index (Phi) is 4.49. The number of benzene rings is 1. The Labute approximate surface area is 125 Å². The van der Waals surface area contributed by atoms with E-state index in [1.54, 1.807) is 6.92 Å². The van der Waals surface area contributed by atoms with E-state index in [1.165, 1.54) is 12.3 Å². The zero-order valence-electron chi connectivity index (χ0n) is 11.1. The van der Waals surface area contributed by atoms with E-state index in [-0.39, 0.29) is 16.8 Å². The van der Waals surface area contributed by atoms with Gasteiger partial charge in [0.2, 0.25) is 5.15 Å². The summed E-state index contributed by atoms with van der Waals surface area (Å²) in [6.45, 7) is 1.79. The van der Waals surface area contributed by atoms with Crippen LogP contribution in [-0.4, -0.2) is 15.8 Å². The molecular weight excluding hydrogens is 294 g/mol. The van der Waals surface area contributed by atoms with E-state index in [2.05, 4.69) is 10.3 Å². The maximum Gasteiger partial charge on any atom is 0.319 e. The van der Waals surface area contributed by atoms with Gasteiger partial charge in [-0.1, -0.05) is 41.9 Å². The van der Waals surface area contributed by atoms with Gasteiger partial charge in [0.15, 0.2) is 0 Å². The van der Waals surface area contributed by atoms with Crippen LogP contribution in [0.2, 0.25) is 5.15 Å². The molecule has 0 saturated heterocycles. The lowest BCUT2D eigenvalue weighted by molar-refractivity contribution is -0.385. The van der Waals surface area contributed by atoms with Crippen molar-refractivity contribution in [2.75, 3.05) is 0 Å². The van der Waals surface area contributed by atoms with Gasteiger partial charge >= 0.3 is 5.69 Å². The Balaban J connectivity index is 2.26. The minimum absolute atomic E-state index is 0.109. The standard InChI is InChI=1S/C14H12ClN3O3/c1-9(10-5-3-2-4-6-10)17-14(19)11-7-8-16-13(15)12(11)18(20)21/h2-9H,1H3,(H,17,19)/t9-/m0/s1. The van der Waals surface area contributed by atoms with Crippen LogP contribution in [0.1, 0.15) is 28.9 Å². The van der Waals surface area contributed by atoms with Crippen molar-refractivity contribution in [3.63, 3.8) is 0 Å². The fourth-order valence-corrected chi connectivity index (χ4v) is 2.11. The van der Waals surface area contributed by atoms with Crippen molar-refractivity contribution in [3.05, 3.63) is 69.0 Å². The summed E-state index contributed by atoms with van der Waals surface area (Å²) in [5, 5.41) is 13.4. The van der Waals surface area contributed by atoms with Gasteiger partial charge in [-0.05, 0) is 18.6 Å². The lowest BCUT2D eigenvalue weighted by atomic mass is 10.1. The fourth-order valence-electron chi connectivity index (χ4n) is 1.88. The molecule has 6 nitrogen and oxygen atoms in total. The van der Waals surface area contributed by atoms with Crippen molar-refractivity contribution in [3.8, 4) is 0 Å². The Hall–Kier alpha value is -2.47. The Morgan fingerprint density at radius 3 is 2.62 bits per heavy atom. The van der Waals surface area contributed by atoms with Gasteiger partial charge in [0.05, 0.1) is 11.0 Å². The van der Waals surface area contributed by atoms with Crippen LogP contribution in [0, 0.1) is 10.1 Å². The number of hydrogen-bond donors (Lipinski definition) is 1. The normalized spacial score (nSPS) is 11.7. The molecule has 0 fully saturated rings. The van der Waals surface area contributed by atoms with Crippen molar-refractivity contribution in [2.24, 2.45) is 0 Å². The third-order valence-corrected chi connectivity index (χ3v) is 3.23. The molecular formula is C14H12ClN3O3. The van der Waals surface area contributed by atoms with Gasteiger partial charge in [0.1, 0.15) is 5.56 Å². The average Bonchev–Trinajstić information content (AvgIpc) is 2.47. The highest BCUT2D eigenvalue weighted by molar-refractivity contribution is 6.32. The number of nitrogens with zero attached hydrogens (tertiary/aromatic N) is 2. The summed E-state index contributed by atoms with van der Waals surface area (Å²) in [4.78, 5) is 26.1. The molecule has 2 aromatic rings. The van der Waals surface area contributed by atoms with Crippen molar-refractivity contribution in [2.45, 2.75) is 13.0 Å². The minimum Gasteiger partial charge on any atom is -0.345 e. The number of rotatable bonds is 4. The van der Waals surface area contributed by atoms with Gasteiger partial charge in [-0.2, -0.15) is 0 Å². The molecule has 2 rings (SSSR count). The molecule has 21 heavy (non-hydrogen) atoms. The summed E-state index contributed by atoms with van der Waals surface area (Å²) in [6.07, 6.45) is 1.26. The maximum atomic E-state index is 12.2. The number of hydrogen-bond acceptors (Lipinski definition) is 4. The third-order valence-electron chi connectivity index (χ3n) is 2.95. The molecule has 108 valence electrons. The van der Waals surface area contributed by atoms with Crippen LogP contribution < -0.4 is 5.32 Å². The number of carbonyl (C=O) groups excluding carboxylic acids is 1. The summed E-state index contributed by atoms with van der Waals surface area (Å²) in [5.74, 6) is -0.567. The highest BCUT2D eigenvalue weighted by Crippen LogP contribution is 2.26. The van der Waals surface area contributed by atoms with Crippen LogP contribution in [0.15, 0.2) is 42.6 Å². The van der Waals surface area contributed by atoms with Crippen LogP contribution >= 0.6 is 11.6 Å². The molecule has 1 amide bonds. The van der Waals surface area contributed by atoms with E-state index >= 15 is 0 Å². The second-order valence-corrected chi connectivity index (χ2v) is 4.72. The molecule has 1 N–H and O–H groups in total. The quantitative estimate of drug-likeness (QED) is 0.534. The number of aromatic nitrogens is 1. The van der Waals surface area contributed by atoms with E-state index in [0.717, 1.165) is 5.56 Å². The Morgan fingerprint density at radius 1 is 1.33 bits per heavy atom. The number of pyridine rings is 1. The fraction of sp³-hybridized carbons (Fsp3) is 0.143. The van der Waals surface area contributed by atoms with Gasteiger partial charge < -0.3 is 5.32 Å². The molecule has 0 spiro atoms. The van der Waals surface area contributed by atoms with Crippen LogP contribution in [0.5, 0.6) is 0 Å². The Morgan fingerprint density at radius 2 is 2.00 bits per heavy atom. The first-order valence-electron chi connectivity index (χ1n) is 6.15. The number of nitrogens with one attached hydrogen (secondary N) is 1. The topological polar surface area (TPSA) is 85.1 Å². The highest BCUT2D eigenvalue weighted by Gasteiger charge is 2.25.